The zero-order valence-electron chi connectivity index (χ0n) is 13.9. The first-order valence-corrected chi connectivity index (χ1v) is 9.02. The molecule has 2 atom stereocenters. The summed E-state index contributed by atoms with van der Waals surface area (Å²) < 4.78 is 0. The summed E-state index contributed by atoms with van der Waals surface area (Å²) in [6.07, 6.45) is 2.46. The smallest absolute Gasteiger partial charge is 0.330 e. The minimum atomic E-state index is -1.16. The van der Waals surface area contributed by atoms with Gasteiger partial charge in [0.25, 0.3) is 0 Å². The molecule has 1 aliphatic carbocycles. The number of hydrogen-bond acceptors (Lipinski definition) is 3. The number of carboxylic acid groups (broad SMARTS) is 1. The van der Waals surface area contributed by atoms with Gasteiger partial charge in [-0.15, -0.1) is 0 Å². The van der Waals surface area contributed by atoms with E-state index in [1.165, 1.54) is 12.8 Å². The monoisotopic (exact) mass is 356 g/mol. The molecule has 0 radical (unpaired) electrons. The second-order valence-electron chi connectivity index (χ2n) is 6.98. The molecular weight excluding hydrogens is 336 g/mol. The second kappa shape index (κ2) is 6.45. The van der Waals surface area contributed by atoms with Crippen molar-refractivity contribution in [1.82, 2.24) is 10.2 Å². The van der Waals surface area contributed by atoms with E-state index in [0.717, 1.165) is 17.7 Å². The quantitative estimate of drug-likeness (QED) is 0.859. The van der Waals surface area contributed by atoms with Gasteiger partial charge in [0.05, 0.1) is 6.04 Å². The highest BCUT2D eigenvalue weighted by atomic mass is 35.5. The van der Waals surface area contributed by atoms with Crippen LogP contribution in [0, 0.1) is 5.92 Å². The fourth-order valence-corrected chi connectivity index (χ4v) is 4.00. The molecule has 0 amide bonds. The van der Waals surface area contributed by atoms with Crippen LogP contribution in [0.25, 0.3) is 0 Å². The SMILES string of the molecule is O=C(O)C1(c2ccccc2)NCN(CC2CC2)C1c1ccc(Cl)cc1. The van der Waals surface area contributed by atoms with Crippen molar-refractivity contribution in [2.24, 2.45) is 5.92 Å². The fourth-order valence-electron chi connectivity index (χ4n) is 3.87. The molecule has 1 heterocycles. The zero-order valence-corrected chi connectivity index (χ0v) is 14.6. The molecule has 1 saturated heterocycles. The molecule has 2 unspecified atom stereocenters. The number of halogens is 1. The molecule has 0 bridgehead atoms. The van der Waals surface area contributed by atoms with Gasteiger partial charge in [-0.1, -0.05) is 54.1 Å². The number of hydrogen-bond donors (Lipinski definition) is 2. The van der Waals surface area contributed by atoms with Gasteiger partial charge in [0.2, 0.25) is 0 Å². The molecule has 2 N–H and O–H groups in total. The first-order valence-electron chi connectivity index (χ1n) is 8.65. The lowest BCUT2D eigenvalue weighted by Gasteiger charge is -2.35. The van der Waals surface area contributed by atoms with E-state index in [9.17, 15) is 9.90 Å². The maximum Gasteiger partial charge on any atom is 0.330 e. The number of aliphatic carboxylic acids is 1. The van der Waals surface area contributed by atoms with Crippen LogP contribution in [0.2, 0.25) is 5.02 Å². The molecule has 5 heteroatoms. The molecule has 25 heavy (non-hydrogen) atoms. The first-order chi connectivity index (χ1) is 12.1. The summed E-state index contributed by atoms with van der Waals surface area (Å²) in [7, 11) is 0. The lowest BCUT2D eigenvalue weighted by molar-refractivity contribution is -0.146. The molecule has 4 nitrogen and oxygen atoms in total. The van der Waals surface area contributed by atoms with Gasteiger partial charge in [0, 0.05) is 18.2 Å². The third kappa shape index (κ3) is 2.95. The summed E-state index contributed by atoms with van der Waals surface area (Å²) in [6.45, 7) is 1.48. The molecule has 1 aliphatic heterocycles. The van der Waals surface area contributed by atoms with Crippen LogP contribution >= 0.6 is 11.6 Å². The number of rotatable bonds is 5. The van der Waals surface area contributed by atoms with Crippen LogP contribution in [0.1, 0.15) is 30.0 Å². The second-order valence-corrected chi connectivity index (χ2v) is 7.42. The highest BCUT2D eigenvalue weighted by molar-refractivity contribution is 6.30. The van der Waals surface area contributed by atoms with Gasteiger partial charge in [-0.05, 0) is 42.0 Å². The fraction of sp³-hybridized carbons (Fsp3) is 0.350. The van der Waals surface area contributed by atoms with Crippen LogP contribution in [-0.4, -0.2) is 29.2 Å². The topological polar surface area (TPSA) is 52.6 Å². The van der Waals surface area contributed by atoms with Gasteiger partial charge < -0.3 is 5.11 Å². The van der Waals surface area contributed by atoms with Crippen molar-refractivity contribution in [3.63, 3.8) is 0 Å². The number of nitrogens with zero attached hydrogens (tertiary/aromatic N) is 1. The maximum absolute atomic E-state index is 12.5. The number of benzene rings is 2. The summed E-state index contributed by atoms with van der Waals surface area (Å²) in [5.41, 5.74) is 0.589. The van der Waals surface area contributed by atoms with Crippen molar-refractivity contribution in [2.75, 3.05) is 13.2 Å². The van der Waals surface area contributed by atoms with Crippen molar-refractivity contribution in [3.8, 4) is 0 Å². The molecule has 0 aromatic heterocycles. The van der Waals surface area contributed by atoms with Crippen LogP contribution < -0.4 is 5.32 Å². The largest absolute Gasteiger partial charge is 0.480 e. The summed E-state index contributed by atoms with van der Waals surface area (Å²) in [6, 6.07) is 16.8. The third-order valence-electron chi connectivity index (χ3n) is 5.28. The Morgan fingerprint density at radius 1 is 1.16 bits per heavy atom. The Morgan fingerprint density at radius 3 is 2.44 bits per heavy atom. The highest BCUT2D eigenvalue weighted by Gasteiger charge is 2.55. The molecule has 2 fully saturated rings. The zero-order chi connectivity index (χ0) is 17.4. The van der Waals surface area contributed by atoms with E-state index in [1.54, 1.807) is 0 Å². The van der Waals surface area contributed by atoms with Crippen LogP contribution in [0.5, 0.6) is 0 Å². The number of nitrogens with one attached hydrogen (secondary N) is 1. The van der Waals surface area contributed by atoms with Crippen LogP contribution in [0.3, 0.4) is 0 Å². The third-order valence-corrected chi connectivity index (χ3v) is 5.53. The van der Waals surface area contributed by atoms with E-state index in [0.29, 0.717) is 17.6 Å². The summed E-state index contributed by atoms with van der Waals surface area (Å²) >= 11 is 6.05. The molecule has 2 aromatic rings. The Hall–Kier alpha value is -1.88. The van der Waals surface area contributed by atoms with Crippen LogP contribution in [0.4, 0.5) is 0 Å². The maximum atomic E-state index is 12.5. The molecule has 1 saturated carbocycles. The van der Waals surface area contributed by atoms with E-state index in [4.69, 9.17) is 11.6 Å². The van der Waals surface area contributed by atoms with Gasteiger partial charge in [0.15, 0.2) is 5.54 Å². The molecule has 2 aromatic carbocycles. The van der Waals surface area contributed by atoms with E-state index in [-0.39, 0.29) is 6.04 Å². The lowest BCUT2D eigenvalue weighted by Crippen LogP contribution is -2.49. The molecule has 0 spiro atoms. The van der Waals surface area contributed by atoms with E-state index in [2.05, 4.69) is 10.2 Å². The van der Waals surface area contributed by atoms with Crippen LogP contribution in [-0.2, 0) is 10.3 Å². The van der Waals surface area contributed by atoms with Crippen molar-refractivity contribution < 1.29 is 9.90 Å². The lowest BCUT2D eigenvalue weighted by atomic mass is 9.80. The van der Waals surface area contributed by atoms with E-state index >= 15 is 0 Å². The Bertz CT molecular complexity index is 761. The summed E-state index contributed by atoms with van der Waals surface area (Å²) in [4.78, 5) is 14.8. The average molecular weight is 357 g/mol. The minimum Gasteiger partial charge on any atom is -0.480 e. The molecule has 4 rings (SSSR count). The summed E-state index contributed by atoms with van der Waals surface area (Å²) in [5.74, 6) is -0.172. The van der Waals surface area contributed by atoms with Crippen LogP contribution in [0.15, 0.2) is 54.6 Å². The van der Waals surface area contributed by atoms with Crippen molar-refractivity contribution >= 4 is 17.6 Å². The number of carbonyl (C=O) groups is 1. The normalized spacial score (nSPS) is 26.7. The minimum absolute atomic E-state index is 0.273. The van der Waals surface area contributed by atoms with Gasteiger partial charge in [-0.25, -0.2) is 4.79 Å². The Morgan fingerprint density at radius 2 is 1.84 bits per heavy atom. The predicted molar refractivity (Wildman–Crippen MR) is 97.4 cm³/mol. The van der Waals surface area contributed by atoms with Crippen molar-refractivity contribution in [3.05, 3.63) is 70.7 Å². The Kier molecular flexibility index (Phi) is 4.28. The molecular formula is C20H21ClN2O2. The Balaban J connectivity index is 1.82. The van der Waals surface area contributed by atoms with Crippen molar-refractivity contribution in [2.45, 2.75) is 24.4 Å². The van der Waals surface area contributed by atoms with Gasteiger partial charge in [-0.3, -0.25) is 10.2 Å². The van der Waals surface area contributed by atoms with E-state index in [1.807, 2.05) is 54.6 Å². The van der Waals surface area contributed by atoms with Crippen molar-refractivity contribution in [1.29, 1.82) is 0 Å². The highest BCUT2D eigenvalue weighted by Crippen LogP contribution is 2.45. The predicted octanol–water partition coefficient (Wildman–Crippen LogP) is 3.63. The molecule has 2 aliphatic rings. The summed E-state index contributed by atoms with van der Waals surface area (Å²) in [5, 5.41) is 14.2. The van der Waals surface area contributed by atoms with Gasteiger partial charge in [-0.2, -0.15) is 0 Å². The van der Waals surface area contributed by atoms with Gasteiger partial charge in [0.1, 0.15) is 0 Å². The van der Waals surface area contributed by atoms with E-state index < -0.39 is 11.5 Å². The average Bonchev–Trinajstić information content (AvgIpc) is 3.35. The number of carboxylic acids is 1. The first kappa shape index (κ1) is 16.6. The molecule has 130 valence electrons. The Labute approximate surface area is 152 Å². The van der Waals surface area contributed by atoms with Gasteiger partial charge >= 0.3 is 5.97 Å². The standard InChI is InChI=1S/C20H21ClN2O2/c21-17-10-8-15(9-11-17)18-20(19(24)25,16-4-2-1-3-5-16)22-13-23(18)12-14-6-7-14/h1-5,8-11,14,18,22H,6-7,12-13H2,(H,24,25).